The van der Waals surface area contributed by atoms with Crippen molar-refractivity contribution in [2.24, 2.45) is 0 Å². The van der Waals surface area contributed by atoms with Crippen molar-refractivity contribution in [1.29, 1.82) is 0 Å². The average molecular weight is 345 g/mol. The Labute approximate surface area is 144 Å². The summed E-state index contributed by atoms with van der Waals surface area (Å²) in [5, 5.41) is 2.55. The maximum Gasteiger partial charge on any atom is 0.407 e. The maximum absolute atomic E-state index is 13.5. The monoisotopic (exact) mass is 345 g/mol. The molecule has 6 heteroatoms. The van der Waals surface area contributed by atoms with Crippen LogP contribution in [0.4, 0.5) is 13.6 Å². The van der Waals surface area contributed by atoms with Crippen molar-refractivity contribution < 1.29 is 23.0 Å². The van der Waals surface area contributed by atoms with Crippen molar-refractivity contribution in [3.05, 3.63) is 65.2 Å². The van der Waals surface area contributed by atoms with E-state index in [1.165, 1.54) is 7.11 Å². The lowest BCUT2D eigenvalue weighted by Crippen LogP contribution is -2.24. The third-order valence-electron chi connectivity index (χ3n) is 3.17. The van der Waals surface area contributed by atoms with E-state index in [0.717, 1.165) is 17.7 Å². The number of carbonyl (C=O) groups excluding carboxylic acids is 1. The first-order valence-corrected chi connectivity index (χ1v) is 7.56. The number of rotatable bonds is 5. The van der Waals surface area contributed by atoms with Crippen molar-refractivity contribution >= 4 is 6.09 Å². The quantitative estimate of drug-likeness (QED) is 0.665. The van der Waals surface area contributed by atoms with Gasteiger partial charge in [-0.3, -0.25) is 0 Å². The first kappa shape index (κ1) is 18.3. The van der Waals surface area contributed by atoms with Crippen LogP contribution in [0.5, 0.6) is 5.75 Å². The van der Waals surface area contributed by atoms with Gasteiger partial charge in [0, 0.05) is 18.5 Å². The number of ether oxygens (including phenoxy) is 2. The Morgan fingerprint density at radius 3 is 2.48 bits per heavy atom. The van der Waals surface area contributed by atoms with Gasteiger partial charge >= 0.3 is 6.09 Å². The minimum absolute atomic E-state index is 0.183. The summed E-state index contributed by atoms with van der Waals surface area (Å²) in [6.45, 7) is 0.449. The van der Waals surface area contributed by atoms with Gasteiger partial charge in [-0.05, 0) is 17.7 Å². The van der Waals surface area contributed by atoms with Gasteiger partial charge in [-0.2, -0.15) is 0 Å². The molecule has 0 aromatic heterocycles. The second-order valence-corrected chi connectivity index (χ2v) is 5.01. The van der Waals surface area contributed by atoms with Gasteiger partial charge in [-0.15, -0.1) is 0 Å². The molecule has 4 nitrogen and oxygen atoms in total. The van der Waals surface area contributed by atoms with E-state index in [-0.39, 0.29) is 18.7 Å². The summed E-state index contributed by atoms with van der Waals surface area (Å²) in [7, 11) is 1.19. The van der Waals surface area contributed by atoms with E-state index in [0.29, 0.717) is 6.42 Å². The van der Waals surface area contributed by atoms with Crippen molar-refractivity contribution in [1.82, 2.24) is 5.32 Å². The van der Waals surface area contributed by atoms with Crippen molar-refractivity contribution in [3.8, 4) is 17.6 Å². The van der Waals surface area contributed by atoms with Crippen LogP contribution in [0.1, 0.15) is 17.5 Å². The van der Waals surface area contributed by atoms with Crippen LogP contribution < -0.4 is 10.1 Å². The summed E-state index contributed by atoms with van der Waals surface area (Å²) in [5.41, 5.74) is 1.09. The molecule has 0 spiro atoms. The SMILES string of the molecule is COc1c(F)cc(C#CCCNC(=O)OCc2ccccc2)cc1F. The number of halogens is 2. The van der Waals surface area contributed by atoms with E-state index in [9.17, 15) is 13.6 Å². The Morgan fingerprint density at radius 1 is 1.16 bits per heavy atom. The minimum Gasteiger partial charge on any atom is -0.491 e. The lowest BCUT2D eigenvalue weighted by Gasteiger charge is -2.05. The third kappa shape index (κ3) is 5.81. The number of hydrogen-bond donors (Lipinski definition) is 1. The van der Waals surface area contributed by atoms with Gasteiger partial charge < -0.3 is 14.8 Å². The molecule has 0 atom stereocenters. The number of nitrogens with one attached hydrogen (secondary N) is 1. The zero-order valence-corrected chi connectivity index (χ0v) is 13.6. The molecule has 1 N–H and O–H groups in total. The molecule has 0 bridgehead atoms. The van der Waals surface area contributed by atoms with E-state index < -0.39 is 23.5 Å². The van der Waals surface area contributed by atoms with Crippen LogP contribution in [0.25, 0.3) is 0 Å². The average Bonchev–Trinajstić information content (AvgIpc) is 2.60. The molecule has 0 radical (unpaired) electrons. The molecular weight excluding hydrogens is 328 g/mol. The Balaban J connectivity index is 1.74. The van der Waals surface area contributed by atoms with Crippen LogP contribution in [0.2, 0.25) is 0 Å². The highest BCUT2D eigenvalue weighted by Crippen LogP contribution is 2.22. The van der Waals surface area contributed by atoms with Gasteiger partial charge in [0.1, 0.15) is 6.61 Å². The number of carbonyl (C=O) groups is 1. The lowest BCUT2D eigenvalue weighted by molar-refractivity contribution is 0.140. The second kappa shape index (κ2) is 9.28. The van der Waals surface area contributed by atoms with E-state index in [1.807, 2.05) is 30.3 Å². The summed E-state index contributed by atoms with van der Waals surface area (Å²) in [6, 6.07) is 11.5. The molecule has 0 saturated heterocycles. The van der Waals surface area contributed by atoms with E-state index in [2.05, 4.69) is 21.9 Å². The van der Waals surface area contributed by atoms with Gasteiger partial charge in [0.05, 0.1) is 7.11 Å². The highest BCUT2D eigenvalue weighted by Gasteiger charge is 2.10. The standard InChI is InChI=1S/C19H17F2NO3/c1-24-18-16(20)11-15(12-17(18)21)9-5-6-10-22-19(23)25-13-14-7-3-2-4-8-14/h2-4,7-8,11-12H,6,10,13H2,1H3,(H,22,23). The maximum atomic E-state index is 13.5. The van der Waals surface area contributed by atoms with E-state index in [1.54, 1.807) is 0 Å². The van der Waals surface area contributed by atoms with Gasteiger partial charge in [0.2, 0.25) is 0 Å². The predicted molar refractivity (Wildman–Crippen MR) is 89.0 cm³/mol. The minimum atomic E-state index is -0.811. The highest BCUT2D eigenvalue weighted by molar-refractivity contribution is 5.67. The predicted octanol–water partition coefficient (Wildman–Crippen LogP) is 3.64. The molecule has 25 heavy (non-hydrogen) atoms. The molecule has 0 heterocycles. The number of methoxy groups -OCH3 is 1. The van der Waals surface area contributed by atoms with Gasteiger partial charge in [-0.1, -0.05) is 42.2 Å². The normalized spacial score (nSPS) is 9.72. The molecule has 0 fully saturated rings. The van der Waals surface area contributed by atoms with Crippen LogP contribution in [-0.2, 0) is 11.3 Å². The highest BCUT2D eigenvalue weighted by atomic mass is 19.1. The van der Waals surface area contributed by atoms with E-state index in [4.69, 9.17) is 4.74 Å². The summed E-state index contributed by atoms with van der Waals surface area (Å²) in [4.78, 5) is 11.5. The molecule has 2 aromatic carbocycles. The smallest absolute Gasteiger partial charge is 0.407 e. The molecule has 0 unspecified atom stereocenters. The Hall–Kier alpha value is -3.07. The molecule has 2 rings (SSSR count). The molecule has 1 amide bonds. The lowest BCUT2D eigenvalue weighted by atomic mass is 10.2. The zero-order valence-electron chi connectivity index (χ0n) is 13.6. The largest absolute Gasteiger partial charge is 0.491 e. The van der Waals surface area contributed by atoms with Crippen LogP contribution in [0.3, 0.4) is 0 Å². The van der Waals surface area contributed by atoms with Crippen LogP contribution >= 0.6 is 0 Å². The van der Waals surface area contributed by atoms with Crippen molar-refractivity contribution in [3.63, 3.8) is 0 Å². The number of benzene rings is 2. The Bertz CT molecular complexity index is 759. The first-order valence-electron chi connectivity index (χ1n) is 7.56. The van der Waals surface area contributed by atoms with Crippen LogP contribution in [-0.4, -0.2) is 19.7 Å². The zero-order chi connectivity index (χ0) is 18.1. The number of alkyl carbamates (subject to hydrolysis) is 1. The summed E-state index contributed by atoms with van der Waals surface area (Å²) in [6.07, 6.45) is -0.234. The van der Waals surface area contributed by atoms with Crippen molar-refractivity contribution in [2.45, 2.75) is 13.0 Å². The molecule has 0 saturated carbocycles. The van der Waals surface area contributed by atoms with Gasteiger partial charge in [-0.25, -0.2) is 13.6 Å². The molecule has 0 aliphatic rings. The molecule has 130 valence electrons. The fourth-order valence-corrected chi connectivity index (χ4v) is 1.99. The number of hydrogen-bond acceptors (Lipinski definition) is 3. The fourth-order valence-electron chi connectivity index (χ4n) is 1.99. The number of amides is 1. The summed E-state index contributed by atoms with van der Waals surface area (Å²) >= 11 is 0. The summed E-state index contributed by atoms with van der Waals surface area (Å²) in [5.74, 6) is 3.30. The Morgan fingerprint density at radius 2 is 1.84 bits per heavy atom. The van der Waals surface area contributed by atoms with Crippen LogP contribution in [0, 0.1) is 23.5 Å². The van der Waals surface area contributed by atoms with Crippen LogP contribution in [0.15, 0.2) is 42.5 Å². The second-order valence-electron chi connectivity index (χ2n) is 5.01. The topological polar surface area (TPSA) is 47.6 Å². The van der Waals surface area contributed by atoms with E-state index >= 15 is 0 Å². The molecular formula is C19H17F2NO3. The van der Waals surface area contributed by atoms with Gasteiger partial charge in [0.15, 0.2) is 17.4 Å². The van der Waals surface area contributed by atoms with Gasteiger partial charge in [0.25, 0.3) is 0 Å². The fraction of sp³-hybridized carbons (Fsp3) is 0.211. The molecule has 0 aliphatic carbocycles. The molecule has 2 aromatic rings. The third-order valence-corrected chi connectivity index (χ3v) is 3.17. The summed E-state index contributed by atoms with van der Waals surface area (Å²) < 4.78 is 36.7. The first-order chi connectivity index (χ1) is 12.1. The molecule has 0 aliphatic heterocycles. The van der Waals surface area contributed by atoms with Crippen molar-refractivity contribution in [2.75, 3.05) is 13.7 Å². The Kier molecular flexibility index (Phi) is 6.78.